The first-order chi connectivity index (χ1) is 8.50. The molecule has 2 aromatic rings. The van der Waals surface area contributed by atoms with Crippen LogP contribution in [0.1, 0.15) is 11.4 Å². The summed E-state index contributed by atoms with van der Waals surface area (Å²) in [4.78, 5) is 4.01. The van der Waals surface area contributed by atoms with Crippen molar-refractivity contribution in [2.24, 2.45) is 0 Å². The van der Waals surface area contributed by atoms with Gasteiger partial charge in [-0.1, -0.05) is 18.3 Å². The molecule has 0 unspecified atom stereocenters. The largest absolute Gasteiger partial charge is 0.388 e. The molecule has 0 saturated heterocycles. The molecule has 2 heterocycles. The summed E-state index contributed by atoms with van der Waals surface area (Å²) in [6, 6.07) is 7.36. The van der Waals surface area contributed by atoms with Crippen LogP contribution >= 0.6 is 0 Å². The molecule has 0 spiro atoms. The fraction of sp³-hybridized carbons (Fsp3) is 0.182. The smallest absolute Gasteiger partial charge is 0.343 e. The third-order valence-corrected chi connectivity index (χ3v) is 2.09. The van der Waals surface area contributed by atoms with Crippen LogP contribution < -0.4 is 0 Å². The Bertz CT molecular complexity index is 600. The molecule has 8 heteroatoms. The Balaban J connectivity index is 0.00000180. The SMILES string of the molecule is N#CCc1cccc(-n2[c-]cc(C(F)(F)F)n2)n1.[Ir]. The van der Waals surface area contributed by atoms with Gasteiger partial charge in [0.25, 0.3) is 0 Å². The van der Waals surface area contributed by atoms with Gasteiger partial charge in [0.2, 0.25) is 0 Å². The summed E-state index contributed by atoms with van der Waals surface area (Å²) in [5, 5.41) is 11.9. The van der Waals surface area contributed by atoms with Gasteiger partial charge in [0, 0.05) is 25.8 Å². The first kappa shape index (κ1) is 15.3. The Labute approximate surface area is 120 Å². The molecule has 0 atom stereocenters. The van der Waals surface area contributed by atoms with E-state index in [1.807, 2.05) is 6.07 Å². The zero-order valence-corrected chi connectivity index (χ0v) is 11.7. The van der Waals surface area contributed by atoms with Gasteiger partial charge in [0.1, 0.15) is 0 Å². The monoisotopic (exact) mass is 444 g/mol. The number of halogens is 3. The summed E-state index contributed by atoms with van der Waals surface area (Å²) >= 11 is 0. The normalized spacial score (nSPS) is 10.6. The van der Waals surface area contributed by atoms with Crippen molar-refractivity contribution in [3.8, 4) is 11.9 Å². The Morgan fingerprint density at radius 1 is 1.37 bits per heavy atom. The van der Waals surface area contributed by atoms with Crippen molar-refractivity contribution in [3.05, 3.63) is 41.9 Å². The Morgan fingerprint density at radius 3 is 2.68 bits per heavy atom. The minimum absolute atomic E-state index is 0. The average molecular weight is 443 g/mol. The molecule has 0 N–H and O–H groups in total. The number of aromatic nitrogens is 3. The van der Waals surface area contributed by atoms with Gasteiger partial charge < -0.3 is 4.68 Å². The van der Waals surface area contributed by atoms with E-state index in [4.69, 9.17) is 5.26 Å². The molecule has 19 heavy (non-hydrogen) atoms. The standard InChI is InChI=1S/C11H6F3N4.Ir/c12-11(13,14)9-5-7-18(17-9)10-3-1-2-8(16-10)4-6-15;/h1-3,5H,4H2;/q-1;. The van der Waals surface area contributed by atoms with E-state index < -0.39 is 11.9 Å². The van der Waals surface area contributed by atoms with Gasteiger partial charge in [-0.05, 0) is 6.07 Å². The quantitative estimate of drug-likeness (QED) is 0.669. The van der Waals surface area contributed by atoms with Crippen molar-refractivity contribution in [3.63, 3.8) is 0 Å². The zero-order valence-electron chi connectivity index (χ0n) is 9.27. The first-order valence-electron chi connectivity index (χ1n) is 4.89. The molecular weight excluding hydrogens is 437 g/mol. The molecule has 0 amide bonds. The van der Waals surface area contributed by atoms with Crippen LogP contribution in [-0.4, -0.2) is 14.8 Å². The van der Waals surface area contributed by atoms with Crippen LogP contribution in [0.4, 0.5) is 13.2 Å². The second-order valence-corrected chi connectivity index (χ2v) is 3.39. The molecule has 0 bridgehead atoms. The summed E-state index contributed by atoms with van der Waals surface area (Å²) in [5.41, 5.74) is -0.567. The molecule has 2 rings (SSSR count). The number of rotatable bonds is 2. The number of nitrogens with zero attached hydrogens (tertiary/aromatic N) is 4. The number of alkyl halides is 3. The molecule has 0 aromatic carbocycles. The number of hydrogen-bond acceptors (Lipinski definition) is 3. The molecule has 0 aliphatic carbocycles. The van der Waals surface area contributed by atoms with Crippen LogP contribution in [-0.2, 0) is 32.7 Å². The van der Waals surface area contributed by atoms with Gasteiger partial charge in [-0.25, -0.2) is 0 Å². The minimum atomic E-state index is -4.51. The van der Waals surface area contributed by atoms with Gasteiger partial charge >= 0.3 is 6.18 Å². The Kier molecular flexibility index (Phi) is 4.81. The van der Waals surface area contributed by atoms with Gasteiger partial charge in [-0.3, -0.25) is 10.1 Å². The summed E-state index contributed by atoms with van der Waals surface area (Å²) < 4.78 is 38.0. The second-order valence-electron chi connectivity index (χ2n) is 3.39. The third kappa shape index (κ3) is 3.63. The van der Waals surface area contributed by atoms with Crippen molar-refractivity contribution in [2.75, 3.05) is 0 Å². The molecule has 101 valence electrons. The van der Waals surface area contributed by atoms with Crippen molar-refractivity contribution < 1.29 is 33.3 Å². The maximum absolute atomic E-state index is 12.4. The predicted octanol–water partition coefficient (Wildman–Crippen LogP) is 2.15. The zero-order chi connectivity index (χ0) is 13.2. The fourth-order valence-electron chi connectivity index (χ4n) is 1.31. The molecule has 0 aliphatic heterocycles. The molecule has 4 nitrogen and oxygen atoms in total. The second kappa shape index (κ2) is 5.95. The van der Waals surface area contributed by atoms with E-state index in [0.29, 0.717) is 5.69 Å². The number of pyridine rings is 1. The van der Waals surface area contributed by atoms with Crippen molar-refractivity contribution >= 4 is 0 Å². The molecular formula is C11H6F3IrN4-. The van der Waals surface area contributed by atoms with E-state index in [1.165, 1.54) is 6.07 Å². The van der Waals surface area contributed by atoms with Crippen LogP contribution in [0, 0.1) is 17.5 Å². The van der Waals surface area contributed by atoms with Crippen LogP contribution in [0.3, 0.4) is 0 Å². The van der Waals surface area contributed by atoms with Crippen molar-refractivity contribution in [1.29, 1.82) is 5.26 Å². The maximum Gasteiger partial charge on any atom is 0.388 e. The summed E-state index contributed by atoms with van der Waals surface area (Å²) in [6.45, 7) is 0. The Hall–Kier alpha value is -1.71. The van der Waals surface area contributed by atoms with E-state index in [2.05, 4.69) is 16.3 Å². The van der Waals surface area contributed by atoms with E-state index in [0.717, 1.165) is 10.7 Å². The minimum Gasteiger partial charge on any atom is -0.343 e. The molecule has 0 aliphatic rings. The topological polar surface area (TPSA) is 54.5 Å². The summed E-state index contributed by atoms with van der Waals surface area (Å²) in [6.07, 6.45) is -2.09. The van der Waals surface area contributed by atoms with E-state index in [1.54, 1.807) is 12.1 Å². The maximum atomic E-state index is 12.4. The third-order valence-electron chi connectivity index (χ3n) is 2.09. The summed E-state index contributed by atoms with van der Waals surface area (Å²) in [7, 11) is 0. The van der Waals surface area contributed by atoms with E-state index in [-0.39, 0.29) is 32.3 Å². The van der Waals surface area contributed by atoms with Gasteiger partial charge in [-0.2, -0.15) is 18.4 Å². The fourth-order valence-corrected chi connectivity index (χ4v) is 1.31. The first-order valence-corrected chi connectivity index (χ1v) is 4.89. The van der Waals surface area contributed by atoms with Gasteiger partial charge in [0.05, 0.1) is 24.0 Å². The Morgan fingerprint density at radius 2 is 2.11 bits per heavy atom. The van der Waals surface area contributed by atoms with Crippen LogP contribution in [0.15, 0.2) is 24.3 Å². The summed E-state index contributed by atoms with van der Waals surface area (Å²) in [5.74, 6) is 0.193. The van der Waals surface area contributed by atoms with Gasteiger partial charge in [0.15, 0.2) is 0 Å². The number of hydrogen-bond donors (Lipinski definition) is 0. The van der Waals surface area contributed by atoms with Gasteiger partial charge in [-0.15, -0.1) is 6.07 Å². The molecule has 1 radical (unpaired) electrons. The average Bonchev–Trinajstić information content (AvgIpc) is 2.78. The van der Waals surface area contributed by atoms with E-state index in [9.17, 15) is 13.2 Å². The molecule has 2 aromatic heterocycles. The van der Waals surface area contributed by atoms with Crippen LogP contribution in [0.25, 0.3) is 5.82 Å². The van der Waals surface area contributed by atoms with Crippen molar-refractivity contribution in [1.82, 2.24) is 14.8 Å². The predicted molar refractivity (Wildman–Crippen MR) is 54.5 cm³/mol. The molecule has 0 saturated carbocycles. The van der Waals surface area contributed by atoms with Crippen molar-refractivity contribution in [2.45, 2.75) is 12.6 Å². The molecule has 0 fully saturated rings. The van der Waals surface area contributed by atoms with Crippen LogP contribution in [0.5, 0.6) is 0 Å². The number of nitriles is 1. The van der Waals surface area contributed by atoms with Crippen LogP contribution in [0.2, 0.25) is 0 Å². The van der Waals surface area contributed by atoms with E-state index >= 15 is 0 Å².